The number of nitrogens with zero attached hydrogens (tertiary/aromatic N) is 4. The smallest absolute Gasteiger partial charge is 0.343 e. The van der Waals surface area contributed by atoms with Gasteiger partial charge in [-0.25, -0.2) is 9.78 Å². The molecule has 0 radical (unpaired) electrons. The summed E-state index contributed by atoms with van der Waals surface area (Å²) >= 11 is 3.38. The Hall–Kier alpha value is -4.18. The number of aryl methyl sites for hydroxylation is 1. The van der Waals surface area contributed by atoms with Crippen LogP contribution in [0.25, 0.3) is 10.9 Å². The van der Waals surface area contributed by atoms with Crippen molar-refractivity contribution in [1.82, 2.24) is 9.66 Å². The average molecular weight is 521 g/mol. The molecule has 0 amide bonds. The number of hydrogen-bond donors (Lipinski definition) is 0. The van der Waals surface area contributed by atoms with Crippen LogP contribution in [-0.4, -0.2) is 26.8 Å². The number of fused-ring (bicyclic) bond motifs is 1. The van der Waals surface area contributed by atoms with E-state index in [1.807, 2.05) is 13.0 Å². The van der Waals surface area contributed by atoms with Crippen molar-refractivity contribution in [3.8, 4) is 5.75 Å². The van der Waals surface area contributed by atoms with Crippen LogP contribution in [0.5, 0.6) is 5.75 Å². The second kappa shape index (κ2) is 9.75. The fourth-order valence-electron chi connectivity index (χ4n) is 3.23. The molecule has 9 nitrogen and oxygen atoms in total. The number of nitro benzene ring substituents is 1. The Balaban J connectivity index is 1.68. The van der Waals surface area contributed by atoms with Crippen LogP contribution in [0.1, 0.15) is 28.7 Å². The van der Waals surface area contributed by atoms with Gasteiger partial charge in [0.05, 0.1) is 27.6 Å². The summed E-state index contributed by atoms with van der Waals surface area (Å²) in [6.07, 6.45) is 1.90. The molecule has 0 saturated carbocycles. The molecule has 170 valence electrons. The number of carbonyl (C=O) groups excluding carboxylic acids is 1. The monoisotopic (exact) mass is 520 g/mol. The molecule has 1 heterocycles. The Morgan fingerprint density at radius 1 is 1.18 bits per heavy atom. The van der Waals surface area contributed by atoms with Crippen molar-refractivity contribution in [3.05, 3.63) is 109 Å². The fraction of sp³-hybridized carbons (Fsp3) is 0.0833. The van der Waals surface area contributed by atoms with Crippen molar-refractivity contribution >= 4 is 44.7 Å². The Morgan fingerprint density at radius 2 is 1.91 bits per heavy atom. The van der Waals surface area contributed by atoms with Crippen LogP contribution < -0.4 is 10.3 Å². The molecule has 4 aromatic rings. The standard InChI is InChI=1S/C24H17BrN4O5/c1-2-22-27-20-6-4-3-5-19(20)23(30)28(22)26-14-16-13-17(25)9-12-21(16)34-24(31)15-7-10-18(11-8-15)29(32)33/h3-14H,2H2,1H3. The Bertz CT molecular complexity index is 1500. The van der Waals surface area contributed by atoms with Crippen LogP contribution in [0.3, 0.4) is 0 Å². The quantitative estimate of drug-likeness (QED) is 0.119. The minimum absolute atomic E-state index is 0.130. The van der Waals surface area contributed by atoms with E-state index in [-0.39, 0.29) is 22.6 Å². The van der Waals surface area contributed by atoms with E-state index in [2.05, 4.69) is 26.0 Å². The van der Waals surface area contributed by atoms with Gasteiger partial charge in [0.2, 0.25) is 0 Å². The molecule has 0 fully saturated rings. The predicted molar refractivity (Wildman–Crippen MR) is 131 cm³/mol. The van der Waals surface area contributed by atoms with Gasteiger partial charge >= 0.3 is 5.97 Å². The van der Waals surface area contributed by atoms with Gasteiger partial charge in [-0.1, -0.05) is 35.0 Å². The predicted octanol–water partition coefficient (Wildman–Crippen LogP) is 4.73. The lowest BCUT2D eigenvalue weighted by Gasteiger charge is -2.09. The van der Waals surface area contributed by atoms with Gasteiger partial charge in [0.15, 0.2) is 0 Å². The summed E-state index contributed by atoms with van der Waals surface area (Å²) in [6, 6.07) is 17.1. The third-order valence-electron chi connectivity index (χ3n) is 4.94. The molecular weight excluding hydrogens is 504 g/mol. The van der Waals surface area contributed by atoms with Crippen molar-refractivity contribution in [1.29, 1.82) is 0 Å². The molecule has 0 aliphatic heterocycles. The molecule has 0 aliphatic carbocycles. The number of halogens is 1. The number of aromatic nitrogens is 2. The van der Waals surface area contributed by atoms with E-state index in [4.69, 9.17) is 4.74 Å². The molecule has 0 atom stereocenters. The van der Waals surface area contributed by atoms with Crippen LogP contribution in [0.4, 0.5) is 5.69 Å². The molecule has 0 aliphatic rings. The van der Waals surface area contributed by atoms with Crippen molar-refractivity contribution < 1.29 is 14.5 Å². The van der Waals surface area contributed by atoms with Crippen LogP contribution in [0, 0.1) is 10.1 Å². The minimum Gasteiger partial charge on any atom is -0.422 e. The van der Waals surface area contributed by atoms with Gasteiger partial charge in [-0.05, 0) is 42.5 Å². The first-order valence-electron chi connectivity index (χ1n) is 10.2. The number of non-ortho nitro benzene ring substituents is 1. The van der Waals surface area contributed by atoms with E-state index >= 15 is 0 Å². The normalized spacial score (nSPS) is 11.1. The number of nitro groups is 1. The maximum atomic E-state index is 13.0. The highest BCUT2D eigenvalue weighted by Gasteiger charge is 2.14. The number of ether oxygens (including phenoxy) is 1. The summed E-state index contributed by atoms with van der Waals surface area (Å²) in [4.78, 5) is 40.4. The number of para-hydroxylation sites is 1. The maximum absolute atomic E-state index is 13.0. The first kappa shape index (κ1) is 23.0. The van der Waals surface area contributed by atoms with Crippen LogP contribution in [0.2, 0.25) is 0 Å². The number of rotatable bonds is 6. The van der Waals surface area contributed by atoms with Crippen molar-refractivity contribution in [3.63, 3.8) is 0 Å². The Kier molecular flexibility index (Phi) is 6.60. The molecular formula is C24H17BrN4O5. The zero-order valence-corrected chi connectivity index (χ0v) is 19.4. The van der Waals surface area contributed by atoms with Gasteiger partial charge in [0, 0.05) is 28.6 Å². The second-order valence-electron chi connectivity index (χ2n) is 7.14. The summed E-state index contributed by atoms with van der Waals surface area (Å²) < 4.78 is 7.45. The zero-order valence-electron chi connectivity index (χ0n) is 17.8. The summed E-state index contributed by atoms with van der Waals surface area (Å²) in [5, 5.41) is 15.6. The highest BCUT2D eigenvalue weighted by atomic mass is 79.9. The first-order chi connectivity index (χ1) is 16.4. The van der Waals surface area contributed by atoms with Crippen molar-refractivity contribution in [2.24, 2.45) is 5.10 Å². The van der Waals surface area contributed by atoms with E-state index in [0.717, 1.165) is 0 Å². The molecule has 34 heavy (non-hydrogen) atoms. The Morgan fingerprint density at radius 3 is 2.62 bits per heavy atom. The number of hydrogen-bond acceptors (Lipinski definition) is 7. The number of carbonyl (C=O) groups is 1. The number of esters is 1. The second-order valence-corrected chi connectivity index (χ2v) is 8.05. The maximum Gasteiger partial charge on any atom is 0.343 e. The van der Waals surface area contributed by atoms with Crippen molar-refractivity contribution in [2.45, 2.75) is 13.3 Å². The van der Waals surface area contributed by atoms with E-state index in [9.17, 15) is 19.7 Å². The molecule has 0 spiro atoms. The first-order valence-corrected chi connectivity index (χ1v) is 11.0. The SMILES string of the molecule is CCc1nc2ccccc2c(=O)n1N=Cc1cc(Br)ccc1OC(=O)c1ccc([N+](=O)[O-])cc1. The highest BCUT2D eigenvalue weighted by molar-refractivity contribution is 9.10. The van der Waals surface area contributed by atoms with Gasteiger partial charge in [-0.3, -0.25) is 14.9 Å². The molecule has 0 bridgehead atoms. The summed E-state index contributed by atoms with van der Waals surface area (Å²) in [7, 11) is 0. The van der Waals surface area contributed by atoms with E-state index in [0.29, 0.717) is 33.2 Å². The third kappa shape index (κ3) is 4.76. The fourth-order valence-corrected chi connectivity index (χ4v) is 3.61. The lowest BCUT2D eigenvalue weighted by Crippen LogP contribution is -2.22. The highest BCUT2D eigenvalue weighted by Crippen LogP contribution is 2.23. The van der Waals surface area contributed by atoms with E-state index in [1.165, 1.54) is 35.2 Å². The Labute approximate surface area is 201 Å². The summed E-state index contributed by atoms with van der Waals surface area (Å²) in [6.45, 7) is 1.87. The summed E-state index contributed by atoms with van der Waals surface area (Å²) in [5.41, 5.74) is 0.745. The van der Waals surface area contributed by atoms with Gasteiger partial charge in [0.1, 0.15) is 11.6 Å². The van der Waals surface area contributed by atoms with Crippen LogP contribution in [0.15, 0.2) is 81.1 Å². The van der Waals surface area contributed by atoms with Gasteiger partial charge in [-0.2, -0.15) is 9.78 Å². The molecule has 0 N–H and O–H groups in total. The molecule has 3 aromatic carbocycles. The molecule has 0 unspecified atom stereocenters. The van der Waals surface area contributed by atoms with E-state index < -0.39 is 10.9 Å². The third-order valence-corrected chi connectivity index (χ3v) is 5.43. The average Bonchev–Trinajstić information content (AvgIpc) is 2.84. The number of benzene rings is 3. The van der Waals surface area contributed by atoms with Gasteiger partial charge < -0.3 is 4.74 Å². The molecule has 10 heteroatoms. The topological polar surface area (TPSA) is 117 Å². The minimum atomic E-state index is -0.689. The zero-order chi connectivity index (χ0) is 24.2. The largest absolute Gasteiger partial charge is 0.422 e. The lowest BCUT2D eigenvalue weighted by molar-refractivity contribution is -0.384. The van der Waals surface area contributed by atoms with Gasteiger partial charge in [-0.15, -0.1) is 0 Å². The van der Waals surface area contributed by atoms with Crippen LogP contribution in [-0.2, 0) is 6.42 Å². The van der Waals surface area contributed by atoms with E-state index in [1.54, 1.807) is 36.4 Å². The van der Waals surface area contributed by atoms with Crippen molar-refractivity contribution in [2.75, 3.05) is 0 Å². The molecule has 4 rings (SSSR count). The van der Waals surface area contributed by atoms with Gasteiger partial charge in [0.25, 0.3) is 11.2 Å². The molecule has 1 aromatic heterocycles. The lowest BCUT2D eigenvalue weighted by atomic mass is 10.2. The summed E-state index contributed by atoms with van der Waals surface area (Å²) in [5.74, 6) is 0.000163. The van der Waals surface area contributed by atoms with Crippen LogP contribution >= 0.6 is 15.9 Å². The molecule has 0 saturated heterocycles.